The molecule has 0 spiro atoms. The van der Waals surface area contributed by atoms with Crippen molar-refractivity contribution >= 4 is 11.8 Å². The number of carbonyl (C=O) groups excluding carboxylic acids is 2. The summed E-state index contributed by atoms with van der Waals surface area (Å²) in [5.74, 6) is 0.194. The van der Waals surface area contributed by atoms with Gasteiger partial charge in [0, 0.05) is 6.20 Å². The highest BCUT2D eigenvalue weighted by molar-refractivity contribution is 5.94. The molecule has 1 aliphatic rings. The fourth-order valence-corrected chi connectivity index (χ4v) is 2.23. The molecule has 1 aromatic heterocycles. The van der Waals surface area contributed by atoms with E-state index < -0.39 is 6.04 Å². The molecule has 0 saturated carbocycles. The monoisotopic (exact) mass is 276 g/mol. The van der Waals surface area contributed by atoms with Gasteiger partial charge in [-0.1, -0.05) is 13.8 Å². The van der Waals surface area contributed by atoms with Gasteiger partial charge in [-0.25, -0.2) is 0 Å². The molecule has 0 bridgehead atoms. The number of nitrogens with zero attached hydrogens (tertiary/aromatic N) is 3. The zero-order valence-corrected chi connectivity index (χ0v) is 12.1. The van der Waals surface area contributed by atoms with E-state index in [-0.39, 0.29) is 18.4 Å². The molecule has 6 heteroatoms. The SMILES string of the molecule is Cc1cnc(CN2CC(=O)NC(CC(C)C)C2=O)cn1. The van der Waals surface area contributed by atoms with Crippen molar-refractivity contribution in [3.63, 3.8) is 0 Å². The summed E-state index contributed by atoms with van der Waals surface area (Å²) in [6.45, 7) is 6.33. The van der Waals surface area contributed by atoms with Gasteiger partial charge in [-0.05, 0) is 19.3 Å². The number of aromatic nitrogens is 2. The van der Waals surface area contributed by atoms with Crippen LogP contribution in [0.25, 0.3) is 0 Å². The molecule has 1 atom stereocenters. The Hall–Kier alpha value is -1.98. The average Bonchev–Trinajstić information content (AvgIpc) is 2.37. The summed E-state index contributed by atoms with van der Waals surface area (Å²) >= 11 is 0. The standard InChI is InChI=1S/C14H20N4O2/c1-9(2)4-12-14(20)18(8-13(19)17-12)7-11-6-15-10(3)5-16-11/h5-6,9,12H,4,7-8H2,1-3H3,(H,17,19). The lowest BCUT2D eigenvalue weighted by Crippen LogP contribution is -2.57. The van der Waals surface area contributed by atoms with E-state index >= 15 is 0 Å². The maximum Gasteiger partial charge on any atom is 0.245 e. The van der Waals surface area contributed by atoms with Crippen molar-refractivity contribution in [2.24, 2.45) is 5.92 Å². The van der Waals surface area contributed by atoms with Gasteiger partial charge in [-0.3, -0.25) is 19.6 Å². The van der Waals surface area contributed by atoms with Crippen molar-refractivity contribution in [3.8, 4) is 0 Å². The predicted molar refractivity (Wildman–Crippen MR) is 73.6 cm³/mol. The number of aryl methyl sites for hydroxylation is 1. The van der Waals surface area contributed by atoms with Crippen LogP contribution in [0.4, 0.5) is 0 Å². The van der Waals surface area contributed by atoms with Gasteiger partial charge in [-0.15, -0.1) is 0 Å². The van der Waals surface area contributed by atoms with Gasteiger partial charge in [-0.2, -0.15) is 0 Å². The average molecular weight is 276 g/mol. The van der Waals surface area contributed by atoms with Crippen LogP contribution >= 0.6 is 0 Å². The van der Waals surface area contributed by atoms with E-state index in [0.717, 1.165) is 5.69 Å². The van der Waals surface area contributed by atoms with E-state index in [1.54, 1.807) is 17.3 Å². The molecule has 1 unspecified atom stereocenters. The third-order valence-corrected chi connectivity index (χ3v) is 3.17. The zero-order valence-electron chi connectivity index (χ0n) is 12.1. The highest BCUT2D eigenvalue weighted by Gasteiger charge is 2.32. The summed E-state index contributed by atoms with van der Waals surface area (Å²) in [4.78, 5) is 34.0. The molecule has 2 rings (SSSR count). The molecule has 1 aliphatic heterocycles. The Bertz CT molecular complexity index is 498. The van der Waals surface area contributed by atoms with Crippen LogP contribution in [0.1, 0.15) is 31.7 Å². The van der Waals surface area contributed by atoms with E-state index in [1.807, 2.05) is 20.8 Å². The van der Waals surface area contributed by atoms with Gasteiger partial charge in [0.05, 0.1) is 24.1 Å². The van der Waals surface area contributed by atoms with Crippen molar-refractivity contribution in [2.75, 3.05) is 6.54 Å². The minimum absolute atomic E-state index is 0.0410. The van der Waals surface area contributed by atoms with Gasteiger partial charge in [0.1, 0.15) is 12.6 Å². The first-order chi connectivity index (χ1) is 9.45. The molecule has 2 amide bonds. The summed E-state index contributed by atoms with van der Waals surface area (Å²) in [5, 5.41) is 2.76. The van der Waals surface area contributed by atoms with Gasteiger partial charge < -0.3 is 10.2 Å². The number of piperazine rings is 1. The van der Waals surface area contributed by atoms with Crippen LogP contribution in [0.2, 0.25) is 0 Å². The summed E-state index contributed by atoms with van der Waals surface area (Å²) in [6.07, 6.45) is 3.96. The Morgan fingerprint density at radius 3 is 2.70 bits per heavy atom. The van der Waals surface area contributed by atoms with Crippen LogP contribution in [0.5, 0.6) is 0 Å². The zero-order chi connectivity index (χ0) is 14.7. The fraction of sp³-hybridized carbons (Fsp3) is 0.571. The highest BCUT2D eigenvalue weighted by Crippen LogP contribution is 2.13. The van der Waals surface area contributed by atoms with Crippen molar-refractivity contribution in [3.05, 3.63) is 23.8 Å². The van der Waals surface area contributed by atoms with Crippen LogP contribution in [-0.2, 0) is 16.1 Å². The summed E-state index contributed by atoms with van der Waals surface area (Å²) < 4.78 is 0. The van der Waals surface area contributed by atoms with Crippen molar-refractivity contribution < 1.29 is 9.59 Å². The van der Waals surface area contributed by atoms with E-state index in [4.69, 9.17) is 0 Å². The van der Waals surface area contributed by atoms with Gasteiger partial charge in [0.25, 0.3) is 0 Å². The lowest BCUT2D eigenvalue weighted by molar-refractivity contribution is -0.145. The van der Waals surface area contributed by atoms with Crippen LogP contribution in [0.15, 0.2) is 12.4 Å². The first-order valence-corrected chi connectivity index (χ1v) is 6.81. The maximum absolute atomic E-state index is 12.3. The van der Waals surface area contributed by atoms with Crippen molar-refractivity contribution in [1.82, 2.24) is 20.2 Å². The Kier molecular flexibility index (Phi) is 4.32. The molecule has 1 fully saturated rings. The molecule has 0 radical (unpaired) electrons. The highest BCUT2D eigenvalue weighted by atomic mass is 16.2. The van der Waals surface area contributed by atoms with Crippen LogP contribution in [0.3, 0.4) is 0 Å². The van der Waals surface area contributed by atoms with E-state index in [2.05, 4.69) is 15.3 Å². The van der Waals surface area contributed by atoms with Crippen LogP contribution in [-0.4, -0.2) is 39.3 Å². The van der Waals surface area contributed by atoms with Crippen LogP contribution in [0, 0.1) is 12.8 Å². The normalized spacial score (nSPS) is 19.4. The molecule has 6 nitrogen and oxygen atoms in total. The minimum Gasteiger partial charge on any atom is -0.343 e. The van der Waals surface area contributed by atoms with Gasteiger partial charge >= 0.3 is 0 Å². The molecule has 1 N–H and O–H groups in total. The lowest BCUT2D eigenvalue weighted by atomic mass is 10.0. The Balaban J connectivity index is 2.07. The number of rotatable bonds is 4. The third kappa shape index (κ3) is 3.53. The first-order valence-electron chi connectivity index (χ1n) is 6.81. The minimum atomic E-state index is -0.422. The predicted octanol–water partition coefficient (Wildman–Crippen LogP) is 0.658. The Morgan fingerprint density at radius 2 is 2.10 bits per heavy atom. The van der Waals surface area contributed by atoms with Crippen molar-refractivity contribution in [2.45, 2.75) is 39.8 Å². The molecular weight excluding hydrogens is 256 g/mol. The molecule has 2 heterocycles. The number of amides is 2. The van der Waals surface area contributed by atoms with E-state index in [9.17, 15) is 9.59 Å². The van der Waals surface area contributed by atoms with Crippen LogP contribution < -0.4 is 5.32 Å². The van der Waals surface area contributed by atoms with Crippen molar-refractivity contribution in [1.29, 1.82) is 0 Å². The number of carbonyl (C=O) groups is 2. The maximum atomic E-state index is 12.3. The Morgan fingerprint density at radius 1 is 1.35 bits per heavy atom. The second-order valence-corrected chi connectivity index (χ2v) is 5.59. The first kappa shape index (κ1) is 14.4. The molecule has 108 valence electrons. The molecule has 20 heavy (non-hydrogen) atoms. The number of hydrogen-bond acceptors (Lipinski definition) is 4. The second kappa shape index (κ2) is 5.98. The largest absolute Gasteiger partial charge is 0.343 e. The quantitative estimate of drug-likeness (QED) is 0.876. The van der Waals surface area contributed by atoms with E-state index in [1.165, 1.54) is 0 Å². The lowest BCUT2D eigenvalue weighted by Gasteiger charge is -2.33. The molecular formula is C14H20N4O2. The Labute approximate surface area is 118 Å². The summed E-state index contributed by atoms with van der Waals surface area (Å²) in [7, 11) is 0. The molecule has 1 saturated heterocycles. The number of nitrogens with one attached hydrogen (secondary N) is 1. The molecule has 0 aromatic carbocycles. The number of hydrogen-bond donors (Lipinski definition) is 1. The molecule has 0 aliphatic carbocycles. The fourth-order valence-electron chi connectivity index (χ4n) is 2.23. The van der Waals surface area contributed by atoms with Gasteiger partial charge in [0.15, 0.2) is 0 Å². The second-order valence-electron chi connectivity index (χ2n) is 5.59. The smallest absolute Gasteiger partial charge is 0.245 e. The summed E-state index contributed by atoms with van der Waals surface area (Å²) in [6, 6.07) is -0.422. The van der Waals surface area contributed by atoms with Gasteiger partial charge in [0.2, 0.25) is 11.8 Å². The summed E-state index contributed by atoms with van der Waals surface area (Å²) in [5.41, 5.74) is 1.52. The molecule has 1 aromatic rings. The van der Waals surface area contributed by atoms with E-state index in [0.29, 0.717) is 24.6 Å². The third-order valence-electron chi connectivity index (χ3n) is 3.17. The topological polar surface area (TPSA) is 75.2 Å².